The highest BCUT2D eigenvalue weighted by molar-refractivity contribution is 7.98. The summed E-state index contributed by atoms with van der Waals surface area (Å²) in [7, 11) is 0. The van der Waals surface area contributed by atoms with E-state index in [9.17, 15) is 0 Å². The number of para-hydroxylation sites is 1. The van der Waals surface area contributed by atoms with Crippen LogP contribution in [0.25, 0.3) is 0 Å². The molecule has 0 aliphatic carbocycles. The number of thioether (sulfide) groups is 1. The summed E-state index contributed by atoms with van der Waals surface area (Å²) >= 11 is 1.93. The first kappa shape index (κ1) is 16.4. The second-order valence-electron chi connectivity index (χ2n) is 4.75. The Bertz CT molecular complexity index is 337. The standard InChI is InChI=1S/C16H28N2S/c1-4-18(5-2)14-15-10-6-7-11-16(15)17-12-8-9-13-19-3/h6-7,10-11,17H,4-5,8-9,12-14H2,1-3H3. The molecular weight excluding hydrogens is 252 g/mol. The van der Waals surface area contributed by atoms with Gasteiger partial charge in [0.15, 0.2) is 0 Å². The first-order valence-electron chi connectivity index (χ1n) is 7.34. The zero-order chi connectivity index (χ0) is 13.9. The van der Waals surface area contributed by atoms with Crippen LogP contribution in [0.15, 0.2) is 24.3 Å². The van der Waals surface area contributed by atoms with E-state index in [1.165, 1.54) is 29.8 Å². The summed E-state index contributed by atoms with van der Waals surface area (Å²) in [6, 6.07) is 8.70. The van der Waals surface area contributed by atoms with Gasteiger partial charge in [0.25, 0.3) is 0 Å². The first-order valence-corrected chi connectivity index (χ1v) is 8.74. The van der Waals surface area contributed by atoms with Crippen molar-refractivity contribution in [2.24, 2.45) is 0 Å². The molecule has 0 amide bonds. The smallest absolute Gasteiger partial charge is 0.0385 e. The van der Waals surface area contributed by atoms with Crippen LogP contribution in [0, 0.1) is 0 Å². The second-order valence-corrected chi connectivity index (χ2v) is 5.73. The molecule has 0 atom stereocenters. The molecule has 0 aliphatic rings. The first-order chi connectivity index (χ1) is 9.31. The fraction of sp³-hybridized carbons (Fsp3) is 0.625. The number of hydrogen-bond acceptors (Lipinski definition) is 3. The molecule has 2 nitrogen and oxygen atoms in total. The molecule has 0 saturated heterocycles. The Hall–Kier alpha value is -0.670. The van der Waals surface area contributed by atoms with Crippen LogP contribution in [0.1, 0.15) is 32.3 Å². The molecule has 0 heterocycles. The maximum Gasteiger partial charge on any atom is 0.0385 e. The van der Waals surface area contributed by atoms with Gasteiger partial charge in [0, 0.05) is 18.8 Å². The number of anilines is 1. The Morgan fingerprint density at radius 2 is 1.84 bits per heavy atom. The summed E-state index contributed by atoms with van der Waals surface area (Å²) in [6.45, 7) is 8.79. The van der Waals surface area contributed by atoms with Crippen LogP contribution in [0.3, 0.4) is 0 Å². The zero-order valence-electron chi connectivity index (χ0n) is 12.6. The SMILES string of the molecule is CCN(CC)Cc1ccccc1NCCCCSC. The van der Waals surface area contributed by atoms with Crippen molar-refractivity contribution < 1.29 is 0 Å². The van der Waals surface area contributed by atoms with Gasteiger partial charge in [-0.25, -0.2) is 0 Å². The third-order valence-electron chi connectivity index (χ3n) is 3.40. The van der Waals surface area contributed by atoms with Crippen LogP contribution in [0.2, 0.25) is 0 Å². The van der Waals surface area contributed by atoms with E-state index in [0.29, 0.717) is 0 Å². The molecule has 3 heteroatoms. The molecule has 1 aromatic rings. The topological polar surface area (TPSA) is 15.3 Å². The average molecular weight is 280 g/mol. The highest BCUT2D eigenvalue weighted by Crippen LogP contribution is 2.17. The lowest BCUT2D eigenvalue weighted by Gasteiger charge is -2.20. The van der Waals surface area contributed by atoms with E-state index in [1.54, 1.807) is 0 Å². The number of nitrogens with one attached hydrogen (secondary N) is 1. The number of benzene rings is 1. The Morgan fingerprint density at radius 3 is 2.53 bits per heavy atom. The van der Waals surface area contributed by atoms with Crippen molar-refractivity contribution in [3.63, 3.8) is 0 Å². The van der Waals surface area contributed by atoms with E-state index in [2.05, 4.69) is 54.6 Å². The molecule has 1 aromatic carbocycles. The van der Waals surface area contributed by atoms with Crippen LogP contribution < -0.4 is 5.32 Å². The third kappa shape index (κ3) is 6.35. The van der Waals surface area contributed by atoms with Crippen LogP contribution in [0.4, 0.5) is 5.69 Å². The van der Waals surface area contributed by atoms with Gasteiger partial charge in [-0.1, -0.05) is 32.0 Å². The quantitative estimate of drug-likeness (QED) is 0.650. The van der Waals surface area contributed by atoms with Crippen LogP contribution in [-0.4, -0.2) is 36.5 Å². The Balaban J connectivity index is 2.48. The normalized spacial score (nSPS) is 10.9. The van der Waals surface area contributed by atoms with E-state index < -0.39 is 0 Å². The molecule has 0 aromatic heterocycles. The molecule has 1 rings (SSSR count). The van der Waals surface area contributed by atoms with Crippen molar-refractivity contribution >= 4 is 17.4 Å². The summed E-state index contributed by atoms with van der Waals surface area (Å²) in [6.07, 6.45) is 4.72. The van der Waals surface area contributed by atoms with Crippen molar-refractivity contribution in [3.05, 3.63) is 29.8 Å². The lowest BCUT2D eigenvalue weighted by molar-refractivity contribution is 0.296. The maximum atomic E-state index is 3.59. The van der Waals surface area contributed by atoms with Crippen LogP contribution in [0.5, 0.6) is 0 Å². The largest absolute Gasteiger partial charge is 0.385 e. The molecule has 1 N–H and O–H groups in total. The zero-order valence-corrected chi connectivity index (χ0v) is 13.4. The summed E-state index contributed by atoms with van der Waals surface area (Å²) < 4.78 is 0. The highest BCUT2D eigenvalue weighted by Gasteiger charge is 2.05. The molecule has 0 bridgehead atoms. The van der Waals surface area contributed by atoms with Crippen LogP contribution >= 0.6 is 11.8 Å². The van der Waals surface area contributed by atoms with Crippen molar-refractivity contribution in [1.29, 1.82) is 0 Å². The summed E-state index contributed by atoms with van der Waals surface area (Å²) in [5.41, 5.74) is 2.72. The Kier molecular flexibility index (Phi) is 8.76. The predicted molar refractivity (Wildman–Crippen MR) is 89.2 cm³/mol. The second kappa shape index (κ2) is 10.2. The van der Waals surface area contributed by atoms with Gasteiger partial charge in [0.1, 0.15) is 0 Å². The molecular formula is C16H28N2S. The average Bonchev–Trinajstić information content (AvgIpc) is 2.45. The molecule has 108 valence electrons. The number of unbranched alkanes of at least 4 members (excludes halogenated alkanes) is 1. The van der Waals surface area contributed by atoms with Gasteiger partial charge in [0.2, 0.25) is 0 Å². The molecule has 0 fully saturated rings. The molecule has 0 radical (unpaired) electrons. The molecule has 0 spiro atoms. The van der Waals surface area contributed by atoms with E-state index in [1.807, 2.05) is 11.8 Å². The van der Waals surface area contributed by atoms with Crippen molar-refractivity contribution in [2.45, 2.75) is 33.2 Å². The van der Waals surface area contributed by atoms with E-state index >= 15 is 0 Å². The minimum absolute atomic E-state index is 1.04. The summed E-state index contributed by atoms with van der Waals surface area (Å²) in [5.74, 6) is 1.27. The van der Waals surface area contributed by atoms with Gasteiger partial charge in [-0.15, -0.1) is 0 Å². The van der Waals surface area contributed by atoms with Gasteiger partial charge in [-0.2, -0.15) is 11.8 Å². The van der Waals surface area contributed by atoms with Gasteiger partial charge in [-0.3, -0.25) is 4.90 Å². The fourth-order valence-corrected chi connectivity index (χ4v) is 2.61. The third-order valence-corrected chi connectivity index (χ3v) is 4.09. The minimum atomic E-state index is 1.04. The number of nitrogens with zero attached hydrogens (tertiary/aromatic N) is 1. The molecule has 0 aliphatic heterocycles. The minimum Gasteiger partial charge on any atom is -0.385 e. The fourth-order valence-electron chi connectivity index (χ4n) is 2.11. The van der Waals surface area contributed by atoms with E-state index in [-0.39, 0.29) is 0 Å². The Morgan fingerprint density at radius 1 is 1.11 bits per heavy atom. The lowest BCUT2D eigenvalue weighted by Crippen LogP contribution is -2.22. The summed E-state index contributed by atoms with van der Waals surface area (Å²) in [4.78, 5) is 2.45. The maximum absolute atomic E-state index is 3.59. The van der Waals surface area contributed by atoms with Crippen molar-refractivity contribution in [2.75, 3.05) is 37.0 Å². The van der Waals surface area contributed by atoms with Gasteiger partial charge in [-0.05, 0) is 49.6 Å². The van der Waals surface area contributed by atoms with Gasteiger partial charge in [0.05, 0.1) is 0 Å². The van der Waals surface area contributed by atoms with Gasteiger partial charge < -0.3 is 5.32 Å². The van der Waals surface area contributed by atoms with Crippen molar-refractivity contribution in [3.8, 4) is 0 Å². The van der Waals surface area contributed by atoms with Gasteiger partial charge >= 0.3 is 0 Å². The number of hydrogen-bond donors (Lipinski definition) is 1. The van der Waals surface area contributed by atoms with Crippen molar-refractivity contribution in [1.82, 2.24) is 4.90 Å². The Labute approximate surface area is 123 Å². The lowest BCUT2D eigenvalue weighted by atomic mass is 10.1. The molecule has 0 unspecified atom stereocenters. The molecule has 0 saturated carbocycles. The molecule has 19 heavy (non-hydrogen) atoms. The van der Waals surface area contributed by atoms with E-state index in [4.69, 9.17) is 0 Å². The highest BCUT2D eigenvalue weighted by atomic mass is 32.2. The monoisotopic (exact) mass is 280 g/mol. The van der Waals surface area contributed by atoms with E-state index in [0.717, 1.165) is 26.2 Å². The predicted octanol–water partition coefficient (Wildman–Crippen LogP) is 4.08. The van der Waals surface area contributed by atoms with Crippen LogP contribution in [-0.2, 0) is 6.54 Å². The summed E-state index contributed by atoms with van der Waals surface area (Å²) in [5, 5.41) is 3.59. The number of rotatable bonds is 10.